The highest BCUT2D eigenvalue weighted by Gasteiger charge is 2.27. The number of carbonyl (C=O) groups is 1. The Morgan fingerprint density at radius 1 is 1.24 bits per heavy atom. The molecule has 25 heavy (non-hydrogen) atoms. The number of nitro groups is 1. The number of rotatable bonds is 4. The van der Waals surface area contributed by atoms with Crippen LogP contribution in [0.4, 0.5) is 5.69 Å². The second-order valence-electron chi connectivity index (χ2n) is 6.23. The van der Waals surface area contributed by atoms with Gasteiger partial charge in [0, 0.05) is 30.8 Å². The summed E-state index contributed by atoms with van der Waals surface area (Å²) >= 11 is 0. The maximum Gasteiger partial charge on any atom is 0.310 e. The van der Waals surface area contributed by atoms with Gasteiger partial charge in [0.15, 0.2) is 5.75 Å². The van der Waals surface area contributed by atoms with Crippen molar-refractivity contribution >= 4 is 11.6 Å². The van der Waals surface area contributed by atoms with Crippen LogP contribution in [-0.2, 0) is 12.8 Å². The van der Waals surface area contributed by atoms with Gasteiger partial charge in [-0.3, -0.25) is 14.9 Å². The van der Waals surface area contributed by atoms with E-state index in [2.05, 4.69) is 12.1 Å². The molecular formula is C19H20N2O4. The first-order valence-electron chi connectivity index (χ1n) is 8.17. The smallest absolute Gasteiger partial charge is 0.310 e. The minimum Gasteiger partial charge on any atom is -0.490 e. The van der Waals surface area contributed by atoms with Crippen LogP contribution in [0.5, 0.6) is 5.75 Å². The molecule has 1 atom stereocenters. The molecule has 6 heteroatoms. The van der Waals surface area contributed by atoms with E-state index < -0.39 is 4.92 Å². The fourth-order valence-corrected chi connectivity index (χ4v) is 3.34. The molecule has 0 saturated heterocycles. The number of hydrogen-bond donors (Lipinski definition) is 0. The van der Waals surface area contributed by atoms with Gasteiger partial charge in [-0.2, -0.15) is 0 Å². The van der Waals surface area contributed by atoms with Crippen LogP contribution in [0.2, 0.25) is 0 Å². The minimum atomic E-state index is -0.519. The molecule has 0 aromatic heterocycles. The van der Waals surface area contributed by atoms with Crippen LogP contribution in [0, 0.1) is 10.1 Å². The third-order valence-electron chi connectivity index (χ3n) is 4.81. The Morgan fingerprint density at radius 2 is 1.96 bits per heavy atom. The predicted octanol–water partition coefficient (Wildman–Crippen LogP) is 3.23. The van der Waals surface area contributed by atoms with Crippen molar-refractivity contribution in [3.05, 3.63) is 69.3 Å². The summed E-state index contributed by atoms with van der Waals surface area (Å²) in [5.74, 6) is -0.0594. The molecule has 0 fully saturated rings. The van der Waals surface area contributed by atoms with E-state index >= 15 is 0 Å². The van der Waals surface area contributed by atoms with E-state index in [9.17, 15) is 14.9 Å². The summed E-state index contributed by atoms with van der Waals surface area (Å²) < 4.78 is 5.06. The van der Waals surface area contributed by atoms with Crippen LogP contribution >= 0.6 is 0 Å². The normalized spacial score (nSPS) is 16.0. The Bertz CT molecular complexity index is 819. The van der Waals surface area contributed by atoms with Crippen LogP contribution in [0.1, 0.15) is 27.9 Å². The van der Waals surface area contributed by atoms with Crippen molar-refractivity contribution in [3.8, 4) is 5.75 Å². The molecule has 0 N–H and O–H groups in total. The van der Waals surface area contributed by atoms with Gasteiger partial charge in [-0.15, -0.1) is 0 Å². The first-order valence-corrected chi connectivity index (χ1v) is 8.17. The van der Waals surface area contributed by atoms with E-state index in [1.54, 1.807) is 11.9 Å². The van der Waals surface area contributed by atoms with Crippen molar-refractivity contribution in [2.24, 2.45) is 0 Å². The Labute approximate surface area is 146 Å². The molecule has 0 unspecified atom stereocenters. The number of likely N-dealkylation sites (N-methyl/N-ethyl adjacent to an activating group) is 1. The van der Waals surface area contributed by atoms with Crippen LogP contribution < -0.4 is 4.74 Å². The second kappa shape index (κ2) is 6.93. The maximum atomic E-state index is 12.8. The van der Waals surface area contributed by atoms with Crippen molar-refractivity contribution in [1.29, 1.82) is 0 Å². The van der Waals surface area contributed by atoms with Gasteiger partial charge >= 0.3 is 5.69 Å². The van der Waals surface area contributed by atoms with Crippen molar-refractivity contribution in [1.82, 2.24) is 4.90 Å². The molecule has 0 heterocycles. The molecule has 6 nitrogen and oxygen atoms in total. The average molecular weight is 340 g/mol. The van der Waals surface area contributed by atoms with Crippen molar-refractivity contribution in [3.63, 3.8) is 0 Å². The molecule has 2 aromatic rings. The number of hydrogen-bond acceptors (Lipinski definition) is 4. The highest BCUT2D eigenvalue weighted by molar-refractivity contribution is 5.95. The highest BCUT2D eigenvalue weighted by Crippen LogP contribution is 2.29. The van der Waals surface area contributed by atoms with E-state index in [1.807, 2.05) is 12.1 Å². The standard InChI is InChI=1S/C19H20N2O4/c1-20(16-9-7-13-5-3-4-6-14(13)11-16)19(22)15-8-10-17(21(23)24)18(12-15)25-2/h3-6,8,10,12,16H,7,9,11H2,1-2H3/t16-/m1/s1. The van der Waals surface area contributed by atoms with Gasteiger partial charge in [0.05, 0.1) is 12.0 Å². The predicted molar refractivity (Wildman–Crippen MR) is 94.0 cm³/mol. The SMILES string of the molecule is COc1cc(C(=O)N(C)[C@@H]2CCc3ccccc3C2)ccc1[N+](=O)[O-]. The Balaban J connectivity index is 1.80. The molecule has 3 rings (SSSR count). The van der Waals surface area contributed by atoms with Crippen molar-refractivity contribution in [2.45, 2.75) is 25.3 Å². The maximum absolute atomic E-state index is 12.8. The molecule has 0 aliphatic heterocycles. The molecule has 1 aliphatic carbocycles. The zero-order valence-electron chi connectivity index (χ0n) is 14.3. The summed E-state index contributed by atoms with van der Waals surface area (Å²) in [7, 11) is 3.15. The first-order chi connectivity index (χ1) is 12.0. The highest BCUT2D eigenvalue weighted by atomic mass is 16.6. The van der Waals surface area contributed by atoms with Gasteiger partial charge in [0.1, 0.15) is 0 Å². The molecular weight excluding hydrogens is 320 g/mol. The number of benzene rings is 2. The lowest BCUT2D eigenvalue weighted by Gasteiger charge is -2.32. The Hall–Kier alpha value is -2.89. The molecule has 2 aromatic carbocycles. The van der Waals surface area contributed by atoms with Gasteiger partial charge in [-0.05, 0) is 36.5 Å². The topological polar surface area (TPSA) is 72.7 Å². The molecule has 0 saturated carbocycles. The monoisotopic (exact) mass is 340 g/mol. The van der Waals surface area contributed by atoms with Crippen LogP contribution in [-0.4, -0.2) is 35.9 Å². The van der Waals surface area contributed by atoms with E-state index in [0.29, 0.717) is 5.56 Å². The number of nitrogens with zero attached hydrogens (tertiary/aromatic N) is 2. The third kappa shape index (κ3) is 3.33. The molecule has 130 valence electrons. The van der Waals surface area contributed by atoms with Crippen molar-refractivity contribution < 1.29 is 14.5 Å². The number of amides is 1. The lowest BCUT2D eigenvalue weighted by Crippen LogP contribution is -2.40. The summed E-state index contributed by atoms with van der Waals surface area (Å²) in [5.41, 5.74) is 2.87. The minimum absolute atomic E-state index is 0.0956. The van der Waals surface area contributed by atoms with Crippen LogP contribution in [0.15, 0.2) is 42.5 Å². The van der Waals surface area contributed by atoms with Crippen LogP contribution in [0.25, 0.3) is 0 Å². The number of aryl methyl sites for hydroxylation is 1. The zero-order chi connectivity index (χ0) is 18.0. The summed E-state index contributed by atoms with van der Waals surface area (Å²) in [4.78, 5) is 25.0. The number of ether oxygens (including phenoxy) is 1. The van der Waals surface area contributed by atoms with E-state index in [1.165, 1.54) is 36.4 Å². The fraction of sp³-hybridized carbons (Fsp3) is 0.316. The van der Waals surface area contributed by atoms with Gasteiger partial charge < -0.3 is 9.64 Å². The zero-order valence-corrected chi connectivity index (χ0v) is 14.3. The second-order valence-corrected chi connectivity index (χ2v) is 6.23. The molecule has 1 aliphatic rings. The molecule has 1 amide bonds. The summed E-state index contributed by atoms with van der Waals surface area (Å²) in [6.07, 6.45) is 2.67. The van der Waals surface area contributed by atoms with Gasteiger partial charge in [-0.1, -0.05) is 24.3 Å². The summed E-state index contributed by atoms with van der Waals surface area (Å²) in [6.45, 7) is 0. The number of fused-ring (bicyclic) bond motifs is 1. The van der Waals surface area contributed by atoms with Crippen LogP contribution in [0.3, 0.4) is 0 Å². The fourth-order valence-electron chi connectivity index (χ4n) is 3.34. The lowest BCUT2D eigenvalue weighted by molar-refractivity contribution is -0.385. The van der Waals surface area contributed by atoms with Crippen molar-refractivity contribution in [2.75, 3.05) is 14.2 Å². The Morgan fingerprint density at radius 3 is 2.64 bits per heavy atom. The number of nitro benzene ring substituents is 1. The van der Waals surface area contributed by atoms with Gasteiger partial charge in [-0.25, -0.2) is 0 Å². The quantitative estimate of drug-likeness (QED) is 0.633. The number of carbonyl (C=O) groups excluding carboxylic acids is 1. The first kappa shape index (κ1) is 17.0. The Kier molecular flexibility index (Phi) is 4.70. The molecule has 0 spiro atoms. The molecule has 0 bridgehead atoms. The number of methoxy groups -OCH3 is 1. The summed E-state index contributed by atoms with van der Waals surface area (Å²) in [5, 5.41) is 11.0. The molecule has 0 radical (unpaired) electrons. The van der Waals surface area contributed by atoms with Gasteiger partial charge in [0.2, 0.25) is 0 Å². The van der Waals surface area contributed by atoms with E-state index in [-0.39, 0.29) is 23.4 Å². The largest absolute Gasteiger partial charge is 0.490 e. The van der Waals surface area contributed by atoms with Gasteiger partial charge in [0.25, 0.3) is 5.91 Å². The van der Waals surface area contributed by atoms with E-state index in [0.717, 1.165) is 19.3 Å². The lowest BCUT2D eigenvalue weighted by atomic mass is 9.87. The van der Waals surface area contributed by atoms with E-state index in [4.69, 9.17) is 4.74 Å². The average Bonchev–Trinajstić information content (AvgIpc) is 2.65. The third-order valence-corrected chi connectivity index (χ3v) is 4.81. The summed E-state index contributed by atoms with van der Waals surface area (Å²) in [6, 6.07) is 12.6.